The van der Waals surface area contributed by atoms with E-state index >= 15 is 0 Å². The van der Waals surface area contributed by atoms with Crippen molar-refractivity contribution in [3.63, 3.8) is 0 Å². The van der Waals surface area contributed by atoms with Crippen molar-refractivity contribution in [3.05, 3.63) is 0 Å². The molecule has 0 aromatic rings. The van der Waals surface area contributed by atoms with Crippen molar-refractivity contribution in [1.29, 1.82) is 0 Å². The lowest BCUT2D eigenvalue weighted by atomic mass is 9.99. The molecule has 0 aromatic carbocycles. The molecule has 2 fully saturated rings. The van der Waals surface area contributed by atoms with E-state index in [0.29, 0.717) is 18.9 Å². The molecule has 1 amide bonds. The average Bonchev–Trinajstić information content (AvgIpc) is 2.35. The Labute approximate surface area is 103 Å². The Balaban J connectivity index is 1.82. The summed E-state index contributed by atoms with van der Waals surface area (Å²) >= 11 is 0. The fourth-order valence-electron chi connectivity index (χ4n) is 2.82. The van der Waals surface area contributed by atoms with Gasteiger partial charge in [-0.2, -0.15) is 0 Å². The first-order chi connectivity index (χ1) is 8.16. The quantitative estimate of drug-likeness (QED) is 0.738. The molecular formula is C13H22N2O2. The molecule has 0 aliphatic carbocycles. The van der Waals surface area contributed by atoms with E-state index in [2.05, 4.69) is 4.90 Å². The first-order valence-electron chi connectivity index (χ1n) is 6.68. The van der Waals surface area contributed by atoms with Crippen molar-refractivity contribution in [2.24, 2.45) is 0 Å². The molecule has 2 heterocycles. The number of hydrogen-bond donors (Lipinski definition) is 0. The van der Waals surface area contributed by atoms with Gasteiger partial charge in [0.2, 0.25) is 5.91 Å². The van der Waals surface area contributed by atoms with Crippen LogP contribution < -0.4 is 0 Å². The lowest BCUT2D eigenvalue weighted by Gasteiger charge is -2.44. The summed E-state index contributed by atoms with van der Waals surface area (Å²) < 4.78 is 0. The Morgan fingerprint density at radius 2 is 1.94 bits per heavy atom. The second-order valence-electron chi connectivity index (χ2n) is 5.23. The van der Waals surface area contributed by atoms with Gasteiger partial charge in [-0.3, -0.25) is 9.69 Å². The van der Waals surface area contributed by atoms with Crippen LogP contribution >= 0.6 is 0 Å². The molecule has 4 heteroatoms. The molecular weight excluding hydrogens is 216 g/mol. The number of piperidine rings is 1. The Morgan fingerprint density at radius 1 is 1.12 bits per heavy atom. The second-order valence-corrected chi connectivity index (χ2v) is 5.23. The Bertz CT molecular complexity index is 304. The number of carbonyl (C=O) groups excluding carboxylic acids is 2. The van der Waals surface area contributed by atoms with Gasteiger partial charge in [0.15, 0.2) is 0 Å². The molecule has 0 bridgehead atoms. The van der Waals surface area contributed by atoms with Gasteiger partial charge in [0.05, 0.1) is 0 Å². The summed E-state index contributed by atoms with van der Waals surface area (Å²) in [4.78, 5) is 27.3. The Kier molecular flexibility index (Phi) is 4.15. The van der Waals surface area contributed by atoms with E-state index in [-0.39, 0.29) is 11.7 Å². The van der Waals surface area contributed by atoms with Crippen LogP contribution in [-0.4, -0.2) is 53.7 Å². The number of carbonyl (C=O) groups is 2. The number of nitrogens with zero attached hydrogens (tertiary/aromatic N) is 2. The first kappa shape index (κ1) is 12.6. The van der Waals surface area contributed by atoms with E-state index < -0.39 is 0 Å². The van der Waals surface area contributed by atoms with Crippen LogP contribution in [-0.2, 0) is 9.59 Å². The molecule has 1 atom stereocenters. The van der Waals surface area contributed by atoms with Crippen LogP contribution in [0.5, 0.6) is 0 Å². The standard InChI is InChI=1S/C13H22N2O2/c1-11(16)5-6-13(17)15-9-8-14-7-3-2-4-12(14)10-15/h12H,2-10H2,1H3. The second kappa shape index (κ2) is 5.63. The van der Waals surface area contributed by atoms with Crippen molar-refractivity contribution in [2.45, 2.75) is 45.1 Å². The molecule has 2 rings (SSSR count). The van der Waals surface area contributed by atoms with E-state index in [4.69, 9.17) is 0 Å². The van der Waals surface area contributed by atoms with Crippen molar-refractivity contribution >= 4 is 11.7 Å². The fourth-order valence-corrected chi connectivity index (χ4v) is 2.82. The molecule has 1 unspecified atom stereocenters. The van der Waals surface area contributed by atoms with Crippen LogP contribution in [0.15, 0.2) is 0 Å². The lowest BCUT2D eigenvalue weighted by molar-refractivity contribution is -0.136. The maximum atomic E-state index is 11.9. The zero-order valence-corrected chi connectivity index (χ0v) is 10.7. The minimum atomic E-state index is 0.106. The highest BCUT2D eigenvalue weighted by Crippen LogP contribution is 2.21. The number of piperazine rings is 1. The van der Waals surface area contributed by atoms with Crippen LogP contribution in [0.4, 0.5) is 0 Å². The topological polar surface area (TPSA) is 40.6 Å². The van der Waals surface area contributed by atoms with Gasteiger partial charge in [-0.1, -0.05) is 6.42 Å². The van der Waals surface area contributed by atoms with Gasteiger partial charge < -0.3 is 9.69 Å². The van der Waals surface area contributed by atoms with E-state index in [1.807, 2.05) is 4.90 Å². The molecule has 0 saturated carbocycles. The number of hydrogen-bond acceptors (Lipinski definition) is 3. The highest BCUT2D eigenvalue weighted by Gasteiger charge is 2.30. The monoisotopic (exact) mass is 238 g/mol. The van der Waals surface area contributed by atoms with Gasteiger partial charge in [-0.25, -0.2) is 0 Å². The minimum Gasteiger partial charge on any atom is -0.340 e. The van der Waals surface area contributed by atoms with Gasteiger partial charge >= 0.3 is 0 Å². The number of Topliss-reactive ketones (excluding diaryl/α,β-unsaturated/α-hetero) is 1. The van der Waals surface area contributed by atoms with Crippen molar-refractivity contribution in [1.82, 2.24) is 9.80 Å². The normalized spacial score (nSPS) is 25.5. The van der Waals surface area contributed by atoms with Crippen LogP contribution in [0.25, 0.3) is 0 Å². The molecule has 2 saturated heterocycles. The Morgan fingerprint density at radius 3 is 2.71 bits per heavy atom. The molecule has 0 aromatic heterocycles. The van der Waals surface area contributed by atoms with Gasteiger partial charge in [-0.05, 0) is 26.3 Å². The zero-order valence-electron chi connectivity index (χ0n) is 10.7. The first-order valence-corrected chi connectivity index (χ1v) is 6.68. The van der Waals surface area contributed by atoms with E-state index in [1.165, 1.54) is 25.8 Å². The summed E-state index contributed by atoms with van der Waals surface area (Å²) in [6, 6.07) is 0.568. The number of amides is 1. The molecule has 96 valence electrons. The SMILES string of the molecule is CC(=O)CCC(=O)N1CCN2CCCCC2C1. The summed E-state index contributed by atoms with van der Waals surface area (Å²) in [7, 11) is 0. The van der Waals surface area contributed by atoms with Crippen molar-refractivity contribution in [3.8, 4) is 0 Å². The predicted molar refractivity (Wildman–Crippen MR) is 65.7 cm³/mol. The molecule has 0 radical (unpaired) electrons. The highest BCUT2D eigenvalue weighted by atomic mass is 16.2. The van der Waals surface area contributed by atoms with Crippen LogP contribution in [0.2, 0.25) is 0 Å². The number of rotatable bonds is 3. The Hall–Kier alpha value is -0.900. The zero-order chi connectivity index (χ0) is 12.3. The maximum Gasteiger partial charge on any atom is 0.223 e. The summed E-state index contributed by atoms with van der Waals surface area (Å²) in [5.74, 6) is 0.264. The van der Waals surface area contributed by atoms with Gasteiger partial charge in [0.25, 0.3) is 0 Å². The largest absolute Gasteiger partial charge is 0.340 e. The molecule has 0 N–H and O–H groups in total. The van der Waals surface area contributed by atoms with Crippen LogP contribution in [0, 0.1) is 0 Å². The molecule has 4 nitrogen and oxygen atoms in total. The van der Waals surface area contributed by atoms with Gasteiger partial charge in [-0.15, -0.1) is 0 Å². The summed E-state index contributed by atoms with van der Waals surface area (Å²) in [6.07, 6.45) is 4.59. The maximum absolute atomic E-state index is 11.9. The third-order valence-electron chi connectivity index (χ3n) is 3.88. The summed E-state index contributed by atoms with van der Waals surface area (Å²) in [5, 5.41) is 0. The van der Waals surface area contributed by atoms with E-state index in [1.54, 1.807) is 6.92 Å². The smallest absolute Gasteiger partial charge is 0.223 e. The van der Waals surface area contributed by atoms with Crippen molar-refractivity contribution < 1.29 is 9.59 Å². The number of fused-ring (bicyclic) bond motifs is 1. The fraction of sp³-hybridized carbons (Fsp3) is 0.846. The third-order valence-corrected chi connectivity index (χ3v) is 3.88. The average molecular weight is 238 g/mol. The predicted octanol–water partition coefficient (Wildman–Crippen LogP) is 1.05. The molecule has 0 spiro atoms. The number of ketones is 1. The third kappa shape index (κ3) is 3.28. The lowest BCUT2D eigenvalue weighted by Crippen LogP contribution is -2.56. The summed E-state index contributed by atoms with van der Waals surface area (Å²) in [6.45, 7) is 5.47. The van der Waals surface area contributed by atoms with Gasteiger partial charge in [0.1, 0.15) is 5.78 Å². The minimum absolute atomic E-state index is 0.106. The molecule has 17 heavy (non-hydrogen) atoms. The highest BCUT2D eigenvalue weighted by molar-refractivity contribution is 5.83. The van der Waals surface area contributed by atoms with Crippen molar-refractivity contribution in [2.75, 3.05) is 26.2 Å². The van der Waals surface area contributed by atoms with E-state index in [0.717, 1.165) is 19.6 Å². The van der Waals surface area contributed by atoms with Crippen LogP contribution in [0.3, 0.4) is 0 Å². The van der Waals surface area contributed by atoms with Crippen LogP contribution in [0.1, 0.15) is 39.0 Å². The van der Waals surface area contributed by atoms with E-state index in [9.17, 15) is 9.59 Å². The summed E-state index contributed by atoms with van der Waals surface area (Å²) in [5.41, 5.74) is 0. The molecule has 2 aliphatic rings. The van der Waals surface area contributed by atoms with Gasteiger partial charge in [0, 0.05) is 38.5 Å². The molecule has 2 aliphatic heterocycles.